The second-order valence-corrected chi connectivity index (χ2v) is 8.01. The van der Waals surface area contributed by atoms with Crippen LogP contribution in [0.3, 0.4) is 0 Å². The van der Waals surface area contributed by atoms with Gasteiger partial charge in [0.2, 0.25) is 5.16 Å². The summed E-state index contributed by atoms with van der Waals surface area (Å²) >= 11 is 4.93. The molecule has 0 radical (unpaired) electrons. The van der Waals surface area contributed by atoms with Crippen LogP contribution >= 0.6 is 27.7 Å². The first-order valence-electron chi connectivity index (χ1n) is 8.72. The van der Waals surface area contributed by atoms with Crippen LogP contribution in [-0.4, -0.2) is 24.7 Å². The molecule has 0 saturated carbocycles. The van der Waals surface area contributed by atoms with Crippen molar-refractivity contribution >= 4 is 27.7 Å². The molecule has 0 aliphatic rings. The molecule has 2 aromatic carbocycles. The van der Waals surface area contributed by atoms with Crippen LogP contribution in [-0.2, 0) is 5.75 Å². The molecule has 4 aromatic rings. The summed E-state index contributed by atoms with van der Waals surface area (Å²) in [4.78, 5) is 0. The molecule has 0 unspecified atom stereocenters. The third-order valence-corrected chi connectivity index (χ3v) is 6.03. The molecule has 0 amide bonds. The molecule has 2 aromatic heterocycles. The van der Waals surface area contributed by atoms with Gasteiger partial charge in [-0.15, -0.1) is 10.2 Å². The Morgan fingerprint density at radius 2 is 1.83 bits per heavy atom. The minimum Gasteiger partial charge on any atom is -0.335 e. The molecule has 7 nitrogen and oxygen atoms in total. The number of nitrogen functional groups attached to an aromatic ring is 1. The van der Waals surface area contributed by atoms with Crippen LogP contribution in [0.4, 0.5) is 0 Å². The van der Waals surface area contributed by atoms with Gasteiger partial charge in [-0.1, -0.05) is 58.0 Å². The Labute approximate surface area is 180 Å². The second kappa shape index (κ2) is 8.11. The van der Waals surface area contributed by atoms with Gasteiger partial charge >= 0.3 is 0 Å². The quantitative estimate of drug-likeness (QED) is 0.352. The summed E-state index contributed by atoms with van der Waals surface area (Å²) in [6, 6.07) is 19.7. The zero-order valence-electron chi connectivity index (χ0n) is 15.5. The number of hydrogen-bond acceptors (Lipinski definition) is 6. The van der Waals surface area contributed by atoms with Crippen molar-refractivity contribution in [2.45, 2.75) is 17.8 Å². The van der Waals surface area contributed by atoms with Crippen LogP contribution < -0.4 is 5.84 Å². The minimum absolute atomic E-state index is 0.476. The lowest BCUT2D eigenvalue weighted by Gasteiger charge is -2.08. The number of nitriles is 1. The van der Waals surface area contributed by atoms with Crippen LogP contribution in [0.1, 0.15) is 17.0 Å². The van der Waals surface area contributed by atoms with E-state index in [-0.39, 0.29) is 0 Å². The Morgan fingerprint density at radius 3 is 2.55 bits per heavy atom. The van der Waals surface area contributed by atoms with E-state index in [0.717, 1.165) is 21.4 Å². The zero-order chi connectivity index (χ0) is 20.4. The van der Waals surface area contributed by atoms with Gasteiger partial charge in [-0.2, -0.15) is 10.4 Å². The second-order valence-electron chi connectivity index (χ2n) is 6.21. The van der Waals surface area contributed by atoms with E-state index in [9.17, 15) is 5.26 Å². The molecule has 29 heavy (non-hydrogen) atoms. The van der Waals surface area contributed by atoms with Crippen molar-refractivity contribution in [2.24, 2.45) is 0 Å². The molecule has 0 aliphatic heterocycles. The largest absolute Gasteiger partial charge is 0.335 e. The van der Waals surface area contributed by atoms with Crippen molar-refractivity contribution < 1.29 is 0 Å². The number of aryl methyl sites for hydroxylation is 1. The molecule has 0 saturated heterocycles. The Balaban J connectivity index is 1.66. The van der Waals surface area contributed by atoms with Gasteiger partial charge in [-0.05, 0) is 31.2 Å². The average Bonchev–Trinajstić information content (AvgIpc) is 3.26. The SMILES string of the molecule is Cc1nn(-c2ccccc2)c(CSc2nnc(-c3ccccc3Br)n2N)c1C#N. The van der Waals surface area contributed by atoms with E-state index in [0.29, 0.717) is 28.0 Å². The summed E-state index contributed by atoms with van der Waals surface area (Å²) in [7, 11) is 0. The summed E-state index contributed by atoms with van der Waals surface area (Å²) < 4.78 is 4.15. The molecule has 0 fully saturated rings. The highest BCUT2D eigenvalue weighted by atomic mass is 79.9. The monoisotopic (exact) mass is 465 g/mol. The van der Waals surface area contributed by atoms with E-state index in [4.69, 9.17) is 5.84 Å². The van der Waals surface area contributed by atoms with Crippen molar-refractivity contribution in [3.8, 4) is 23.1 Å². The van der Waals surface area contributed by atoms with Gasteiger partial charge in [0.05, 0.1) is 22.6 Å². The Morgan fingerprint density at radius 1 is 1.10 bits per heavy atom. The first-order valence-corrected chi connectivity index (χ1v) is 10.5. The van der Waals surface area contributed by atoms with E-state index >= 15 is 0 Å². The molecule has 4 rings (SSSR count). The molecule has 0 aliphatic carbocycles. The van der Waals surface area contributed by atoms with Crippen LogP contribution in [0.2, 0.25) is 0 Å². The Bertz CT molecular complexity index is 1210. The molecule has 9 heteroatoms. The molecule has 0 atom stereocenters. The smallest absolute Gasteiger partial charge is 0.210 e. The lowest BCUT2D eigenvalue weighted by atomic mass is 10.2. The van der Waals surface area contributed by atoms with Crippen molar-refractivity contribution in [2.75, 3.05) is 5.84 Å². The molecular weight excluding hydrogens is 450 g/mol. The number of hydrogen-bond donors (Lipinski definition) is 1. The molecule has 2 N–H and O–H groups in total. The predicted molar refractivity (Wildman–Crippen MR) is 116 cm³/mol. The number of thioether (sulfide) groups is 1. The fourth-order valence-corrected chi connectivity index (χ4v) is 4.29. The number of rotatable bonds is 5. The van der Waals surface area contributed by atoms with Crippen LogP contribution in [0.5, 0.6) is 0 Å². The van der Waals surface area contributed by atoms with Crippen LogP contribution in [0, 0.1) is 18.3 Å². The summed E-state index contributed by atoms with van der Waals surface area (Å²) in [5.41, 5.74) is 3.81. The predicted octanol–water partition coefficient (Wildman–Crippen LogP) is 4.08. The summed E-state index contributed by atoms with van der Waals surface area (Å²) in [6.07, 6.45) is 0. The number of halogens is 1. The van der Waals surface area contributed by atoms with Gasteiger partial charge in [0, 0.05) is 15.8 Å². The van der Waals surface area contributed by atoms with Crippen LogP contribution in [0.25, 0.3) is 17.1 Å². The third kappa shape index (κ3) is 3.64. The van der Waals surface area contributed by atoms with Gasteiger partial charge in [-0.3, -0.25) is 0 Å². The fraction of sp³-hybridized carbons (Fsp3) is 0.100. The maximum Gasteiger partial charge on any atom is 0.210 e. The Kier molecular flexibility index (Phi) is 5.38. The normalized spacial score (nSPS) is 10.8. The van der Waals surface area contributed by atoms with E-state index in [1.807, 2.05) is 61.5 Å². The molecular formula is C20H16BrN7S. The highest BCUT2D eigenvalue weighted by Crippen LogP contribution is 2.30. The molecule has 2 heterocycles. The number of nitrogens with two attached hydrogens (primary N) is 1. The van der Waals surface area contributed by atoms with E-state index < -0.39 is 0 Å². The van der Waals surface area contributed by atoms with Crippen LogP contribution in [0.15, 0.2) is 64.2 Å². The molecule has 0 bridgehead atoms. The number of benzene rings is 2. The van der Waals surface area contributed by atoms with E-state index in [2.05, 4.69) is 37.3 Å². The minimum atomic E-state index is 0.476. The number of para-hydroxylation sites is 1. The van der Waals surface area contributed by atoms with Crippen molar-refractivity contribution in [1.82, 2.24) is 24.7 Å². The number of nitrogens with zero attached hydrogens (tertiary/aromatic N) is 6. The zero-order valence-corrected chi connectivity index (χ0v) is 17.9. The van der Waals surface area contributed by atoms with Gasteiger partial charge in [0.15, 0.2) is 5.82 Å². The van der Waals surface area contributed by atoms with Crippen molar-refractivity contribution in [3.63, 3.8) is 0 Å². The molecule has 144 valence electrons. The lowest BCUT2D eigenvalue weighted by molar-refractivity contribution is 0.822. The van der Waals surface area contributed by atoms with E-state index in [1.165, 1.54) is 16.4 Å². The topological polar surface area (TPSA) is 98.3 Å². The summed E-state index contributed by atoms with van der Waals surface area (Å²) in [5.74, 6) is 7.30. The summed E-state index contributed by atoms with van der Waals surface area (Å²) in [6.45, 7) is 1.84. The van der Waals surface area contributed by atoms with Gasteiger partial charge in [-0.25, -0.2) is 9.36 Å². The first kappa shape index (κ1) is 19.2. The average molecular weight is 466 g/mol. The lowest BCUT2D eigenvalue weighted by Crippen LogP contribution is -2.12. The third-order valence-electron chi connectivity index (χ3n) is 4.39. The first-order chi connectivity index (χ1) is 14.1. The number of aromatic nitrogens is 5. The standard InChI is InChI=1S/C20H16BrN7S/c1-13-16(11-22)18(28(26-13)14-7-3-2-4-8-14)12-29-20-25-24-19(27(20)23)15-9-5-6-10-17(15)21/h2-10H,12,23H2,1H3. The van der Waals surface area contributed by atoms with Crippen molar-refractivity contribution in [1.29, 1.82) is 5.26 Å². The Hall–Kier alpha value is -3.09. The fourth-order valence-electron chi connectivity index (χ4n) is 2.97. The van der Waals surface area contributed by atoms with Crippen molar-refractivity contribution in [3.05, 3.63) is 76.0 Å². The van der Waals surface area contributed by atoms with Gasteiger partial charge in [0.25, 0.3) is 0 Å². The molecule has 0 spiro atoms. The van der Waals surface area contributed by atoms with Gasteiger partial charge < -0.3 is 5.84 Å². The van der Waals surface area contributed by atoms with E-state index in [1.54, 1.807) is 4.68 Å². The highest BCUT2D eigenvalue weighted by molar-refractivity contribution is 9.10. The summed E-state index contributed by atoms with van der Waals surface area (Å²) in [5, 5.41) is 23.2. The highest BCUT2D eigenvalue weighted by Gasteiger charge is 2.19. The van der Waals surface area contributed by atoms with Gasteiger partial charge in [0.1, 0.15) is 6.07 Å². The maximum absolute atomic E-state index is 9.62. The maximum atomic E-state index is 9.62.